The van der Waals surface area contributed by atoms with Gasteiger partial charge in [0.05, 0.1) is 17.6 Å². The highest BCUT2D eigenvalue weighted by Crippen LogP contribution is 2.32. The van der Waals surface area contributed by atoms with Crippen LogP contribution in [-0.2, 0) is 5.88 Å². The number of likely N-dealkylation sites (tertiary alicyclic amines) is 1. The molecule has 0 aliphatic carbocycles. The summed E-state index contributed by atoms with van der Waals surface area (Å²) in [7, 11) is 0. The fourth-order valence-electron chi connectivity index (χ4n) is 2.67. The van der Waals surface area contributed by atoms with Crippen LogP contribution in [0.3, 0.4) is 0 Å². The minimum Gasteiger partial charge on any atom is -0.291 e. The van der Waals surface area contributed by atoms with Crippen LogP contribution in [0.5, 0.6) is 0 Å². The molecule has 4 heteroatoms. The maximum Gasteiger partial charge on any atom is 0.110 e. The van der Waals surface area contributed by atoms with Gasteiger partial charge >= 0.3 is 0 Å². The lowest BCUT2D eigenvalue weighted by atomic mass is 10.0. The minimum absolute atomic E-state index is 0.493. The van der Waals surface area contributed by atoms with E-state index in [-0.39, 0.29) is 0 Å². The third-order valence-electron chi connectivity index (χ3n) is 3.63. The summed E-state index contributed by atoms with van der Waals surface area (Å²) in [6.45, 7) is 5.82. The van der Waals surface area contributed by atoms with Crippen molar-refractivity contribution < 1.29 is 0 Å². The van der Waals surface area contributed by atoms with Crippen molar-refractivity contribution in [3.05, 3.63) is 16.1 Å². The zero-order valence-corrected chi connectivity index (χ0v) is 12.2. The van der Waals surface area contributed by atoms with Crippen LogP contribution in [0.1, 0.15) is 56.3 Å². The van der Waals surface area contributed by atoms with Crippen LogP contribution in [0, 0.1) is 0 Å². The van der Waals surface area contributed by atoms with Gasteiger partial charge in [0.25, 0.3) is 0 Å². The van der Waals surface area contributed by atoms with Crippen molar-refractivity contribution in [1.29, 1.82) is 0 Å². The van der Waals surface area contributed by atoms with E-state index in [0.717, 1.165) is 12.1 Å². The topological polar surface area (TPSA) is 16.1 Å². The highest BCUT2D eigenvalue weighted by molar-refractivity contribution is 7.09. The molecule has 0 aromatic carbocycles. The molecule has 1 fully saturated rings. The van der Waals surface area contributed by atoms with Crippen LogP contribution >= 0.6 is 22.9 Å². The molecule has 1 aliphatic rings. The summed E-state index contributed by atoms with van der Waals surface area (Å²) in [6.07, 6.45) is 5.16. The van der Waals surface area contributed by atoms with Gasteiger partial charge in [-0.3, -0.25) is 4.90 Å². The van der Waals surface area contributed by atoms with E-state index in [0.29, 0.717) is 18.0 Å². The molecule has 2 atom stereocenters. The third kappa shape index (κ3) is 3.01. The van der Waals surface area contributed by atoms with Crippen molar-refractivity contribution >= 4 is 22.9 Å². The van der Waals surface area contributed by atoms with Crippen LogP contribution < -0.4 is 0 Å². The first-order chi connectivity index (χ1) is 8.26. The largest absolute Gasteiger partial charge is 0.291 e. The molecule has 0 amide bonds. The standard InChI is InChI=1S/C13H21ClN2S/c1-3-12(13-15-11(8-14)9-17-13)16-7-5-4-6-10(16)2/h9-10,12H,3-8H2,1-2H3. The zero-order valence-electron chi connectivity index (χ0n) is 10.7. The van der Waals surface area contributed by atoms with Gasteiger partial charge in [0.2, 0.25) is 0 Å². The molecule has 0 bridgehead atoms. The van der Waals surface area contributed by atoms with E-state index in [2.05, 4.69) is 29.1 Å². The van der Waals surface area contributed by atoms with Crippen molar-refractivity contribution in [2.24, 2.45) is 0 Å². The van der Waals surface area contributed by atoms with E-state index in [9.17, 15) is 0 Å². The van der Waals surface area contributed by atoms with Crippen molar-refractivity contribution in [3.63, 3.8) is 0 Å². The molecule has 0 saturated carbocycles. The molecular weight excluding hydrogens is 252 g/mol. The lowest BCUT2D eigenvalue weighted by Gasteiger charge is -2.38. The molecule has 1 aromatic heterocycles. The van der Waals surface area contributed by atoms with Gasteiger partial charge < -0.3 is 0 Å². The van der Waals surface area contributed by atoms with Crippen LogP contribution in [0.4, 0.5) is 0 Å². The minimum atomic E-state index is 0.493. The number of hydrogen-bond acceptors (Lipinski definition) is 3. The monoisotopic (exact) mass is 272 g/mol. The predicted octanol–water partition coefficient (Wildman–Crippen LogP) is 4.21. The fraction of sp³-hybridized carbons (Fsp3) is 0.769. The summed E-state index contributed by atoms with van der Waals surface area (Å²) in [5.41, 5.74) is 1.02. The molecule has 17 heavy (non-hydrogen) atoms. The Labute approximate surface area is 113 Å². The molecule has 2 heterocycles. The second-order valence-electron chi connectivity index (χ2n) is 4.82. The van der Waals surface area contributed by atoms with E-state index in [4.69, 9.17) is 11.6 Å². The number of piperidine rings is 1. The first kappa shape index (κ1) is 13.3. The average Bonchev–Trinajstić information content (AvgIpc) is 2.81. The third-order valence-corrected chi connectivity index (χ3v) is 4.90. The number of aromatic nitrogens is 1. The normalized spacial score (nSPS) is 23.8. The molecule has 96 valence electrons. The van der Waals surface area contributed by atoms with E-state index < -0.39 is 0 Å². The van der Waals surface area contributed by atoms with E-state index in [1.807, 2.05) is 0 Å². The Bertz CT molecular complexity index is 353. The van der Waals surface area contributed by atoms with Crippen LogP contribution in [-0.4, -0.2) is 22.5 Å². The number of thiazole rings is 1. The summed E-state index contributed by atoms with van der Waals surface area (Å²) >= 11 is 7.60. The SMILES string of the molecule is CCC(c1nc(CCl)cs1)N1CCCCC1C. The number of halogens is 1. The van der Waals surface area contributed by atoms with Gasteiger partial charge in [0.1, 0.15) is 5.01 Å². The van der Waals surface area contributed by atoms with E-state index in [1.54, 1.807) is 11.3 Å². The molecular formula is C13H21ClN2S. The quantitative estimate of drug-likeness (QED) is 0.764. The lowest BCUT2D eigenvalue weighted by Crippen LogP contribution is -2.40. The maximum atomic E-state index is 5.83. The van der Waals surface area contributed by atoms with Crippen LogP contribution in [0.15, 0.2) is 5.38 Å². The Hall–Kier alpha value is -0.120. The van der Waals surface area contributed by atoms with E-state index >= 15 is 0 Å². The van der Waals surface area contributed by atoms with Gasteiger partial charge in [0.15, 0.2) is 0 Å². The molecule has 1 saturated heterocycles. The summed E-state index contributed by atoms with van der Waals surface area (Å²) in [4.78, 5) is 7.28. The van der Waals surface area contributed by atoms with Gasteiger partial charge in [0, 0.05) is 11.4 Å². The predicted molar refractivity (Wildman–Crippen MR) is 74.7 cm³/mol. The summed E-state index contributed by atoms with van der Waals surface area (Å²) in [5, 5.41) is 3.34. The Morgan fingerprint density at radius 1 is 1.59 bits per heavy atom. The average molecular weight is 273 g/mol. The van der Waals surface area contributed by atoms with Gasteiger partial charge in [-0.25, -0.2) is 4.98 Å². The first-order valence-corrected chi connectivity index (χ1v) is 7.93. The molecule has 2 unspecified atom stereocenters. The summed E-state index contributed by atoms with van der Waals surface area (Å²) < 4.78 is 0. The van der Waals surface area contributed by atoms with Crippen LogP contribution in [0.25, 0.3) is 0 Å². The lowest BCUT2D eigenvalue weighted by molar-refractivity contribution is 0.102. The molecule has 1 aromatic rings. The van der Waals surface area contributed by atoms with Crippen molar-refractivity contribution in [3.8, 4) is 0 Å². The molecule has 0 N–H and O–H groups in total. The number of nitrogens with zero attached hydrogens (tertiary/aromatic N) is 2. The second kappa shape index (κ2) is 6.17. The highest BCUT2D eigenvalue weighted by Gasteiger charge is 2.27. The summed E-state index contributed by atoms with van der Waals surface area (Å²) in [5.74, 6) is 0.530. The Kier molecular flexibility index (Phi) is 4.83. The van der Waals surface area contributed by atoms with Gasteiger partial charge in [-0.1, -0.05) is 13.3 Å². The smallest absolute Gasteiger partial charge is 0.110 e. The molecule has 1 aliphatic heterocycles. The second-order valence-corrected chi connectivity index (χ2v) is 5.97. The zero-order chi connectivity index (χ0) is 12.3. The Morgan fingerprint density at radius 3 is 3.00 bits per heavy atom. The van der Waals surface area contributed by atoms with Crippen molar-refractivity contribution in [1.82, 2.24) is 9.88 Å². The van der Waals surface area contributed by atoms with Crippen molar-refractivity contribution in [2.45, 2.75) is 57.5 Å². The number of hydrogen-bond donors (Lipinski definition) is 0. The Balaban J connectivity index is 2.14. The number of alkyl halides is 1. The van der Waals surface area contributed by atoms with Gasteiger partial charge in [-0.05, 0) is 32.7 Å². The maximum absolute atomic E-state index is 5.83. The highest BCUT2D eigenvalue weighted by atomic mass is 35.5. The van der Waals surface area contributed by atoms with E-state index in [1.165, 1.54) is 30.8 Å². The molecule has 2 nitrogen and oxygen atoms in total. The molecule has 0 radical (unpaired) electrons. The van der Waals surface area contributed by atoms with Crippen molar-refractivity contribution in [2.75, 3.05) is 6.54 Å². The first-order valence-electron chi connectivity index (χ1n) is 6.52. The molecule has 2 rings (SSSR count). The van der Waals surface area contributed by atoms with Crippen LogP contribution in [0.2, 0.25) is 0 Å². The number of rotatable bonds is 4. The van der Waals surface area contributed by atoms with Gasteiger partial charge in [-0.2, -0.15) is 0 Å². The van der Waals surface area contributed by atoms with Gasteiger partial charge in [-0.15, -0.1) is 22.9 Å². The molecule has 0 spiro atoms. The fourth-order valence-corrected chi connectivity index (χ4v) is 3.92. The Morgan fingerprint density at radius 2 is 2.41 bits per heavy atom. The summed E-state index contributed by atoms with van der Waals surface area (Å²) in [6, 6.07) is 1.18.